The summed E-state index contributed by atoms with van der Waals surface area (Å²) in [5.41, 5.74) is 0. The summed E-state index contributed by atoms with van der Waals surface area (Å²) in [4.78, 5) is 11.4. The van der Waals surface area contributed by atoms with E-state index in [0.717, 1.165) is 0 Å². The van der Waals surface area contributed by atoms with Gasteiger partial charge in [-0.3, -0.25) is 4.79 Å². The van der Waals surface area contributed by atoms with Crippen LogP contribution in [0.25, 0.3) is 0 Å². The van der Waals surface area contributed by atoms with Crippen LogP contribution in [0.3, 0.4) is 0 Å². The first-order valence-corrected chi connectivity index (χ1v) is 7.15. The van der Waals surface area contributed by atoms with Crippen LogP contribution in [0.2, 0.25) is 0 Å². The minimum Gasteiger partial charge on any atom is -0.497 e. The molecule has 1 rings (SSSR count). The topological polar surface area (TPSA) is 90.9 Å². The molecule has 7 nitrogen and oxygen atoms in total. The Kier molecular flexibility index (Phi) is 5.34. The molecule has 20 heavy (non-hydrogen) atoms. The molecule has 1 aromatic carbocycles. The largest absolute Gasteiger partial charge is 0.497 e. The highest BCUT2D eigenvalue weighted by atomic mass is 32.2. The predicted molar refractivity (Wildman–Crippen MR) is 71.3 cm³/mol. The Hall–Kier alpha value is -1.80. The van der Waals surface area contributed by atoms with Gasteiger partial charge in [0.25, 0.3) is 15.9 Å². The fraction of sp³-hybridized carbons (Fsp3) is 0.417. The summed E-state index contributed by atoms with van der Waals surface area (Å²) >= 11 is 0. The van der Waals surface area contributed by atoms with Crippen LogP contribution in [0.1, 0.15) is 6.92 Å². The second-order valence-electron chi connectivity index (χ2n) is 3.86. The van der Waals surface area contributed by atoms with Gasteiger partial charge in [0, 0.05) is 13.2 Å². The normalized spacial score (nSPS) is 12.6. The number of carbonyl (C=O) groups is 1. The Labute approximate surface area is 117 Å². The van der Waals surface area contributed by atoms with E-state index < -0.39 is 22.0 Å². The number of rotatable bonds is 6. The number of carbonyl (C=O) groups excluding carboxylic acids is 1. The van der Waals surface area contributed by atoms with E-state index in [9.17, 15) is 13.2 Å². The molecular formula is C12H17NO6S. The maximum Gasteiger partial charge on any atom is 0.267 e. The van der Waals surface area contributed by atoms with Gasteiger partial charge in [-0.1, -0.05) is 0 Å². The van der Waals surface area contributed by atoms with E-state index in [1.165, 1.54) is 46.5 Å². The molecule has 0 aliphatic heterocycles. The van der Waals surface area contributed by atoms with Crippen molar-refractivity contribution in [2.45, 2.75) is 17.9 Å². The number of amides is 1. The molecule has 1 N–H and O–H groups in total. The van der Waals surface area contributed by atoms with Crippen LogP contribution in [0, 0.1) is 0 Å². The summed E-state index contributed by atoms with van der Waals surface area (Å²) in [6.45, 7) is 1.44. The maximum atomic E-state index is 12.1. The first-order chi connectivity index (χ1) is 9.35. The van der Waals surface area contributed by atoms with Crippen molar-refractivity contribution >= 4 is 15.9 Å². The van der Waals surface area contributed by atoms with Gasteiger partial charge in [0.15, 0.2) is 0 Å². The molecule has 1 amide bonds. The molecule has 0 unspecified atom stereocenters. The summed E-state index contributed by atoms with van der Waals surface area (Å²) < 4.78 is 40.9. The van der Waals surface area contributed by atoms with E-state index in [-0.39, 0.29) is 10.6 Å². The van der Waals surface area contributed by atoms with Crippen LogP contribution in [0.4, 0.5) is 0 Å². The van der Waals surface area contributed by atoms with Gasteiger partial charge in [-0.2, -0.15) is 0 Å². The minimum atomic E-state index is -4.04. The van der Waals surface area contributed by atoms with Gasteiger partial charge >= 0.3 is 0 Å². The third-order valence-electron chi connectivity index (χ3n) is 2.62. The van der Waals surface area contributed by atoms with Crippen molar-refractivity contribution in [3.63, 3.8) is 0 Å². The van der Waals surface area contributed by atoms with E-state index in [2.05, 4.69) is 0 Å². The van der Waals surface area contributed by atoms with Gasteiger partial charge in [0.1, 0.15) is 22.5 Å². The lowest BCUT2D eigenvalue weighted by Crippen LogP contribution is -2.38. The molecule has 8 heteroatoms. The number of benzene rings is 1. The Bertz CT molecular complexity index is 584. The first-order valence-electron chi connectivity index (χ1n) is 5.67. The van der Waals surface area contributed by atoms with Crippen LogP contribution >= 0.6 is 0 Å². The van der Waals surface area contributed by atoms with Gasteiger partial charge < -0.3 is 14.2 Å². The van der Waals surface area contributed by atoms with Crippen LogP contribution in [0.15, 0.2) is 23.1 Å². The number of nitrogens with one attached hydrogen (secondary N) is 1. The van der Waals surface area contributed by atoms with Crippen LogP contribution in [0.5, 0.6) is 11.5 Å². The third-order valence-corrected chi connectivity index (χ3v) is 4.00. The lowest BCUT2D eigenvalue weighted by molar-refractivity contribution is -0.128. The average Bonchev–Trinajstić information content (AvgIpc) is 2.44. The smallest absolute Gasteiger partial charge is 0.267 e. The van der Waals surface area contributed by atoms with Gasteiger partial charge in [-0.15, -0.1) is 0 Å². The van der Waals surface area contributed by atoms with Crippen molar-refractivity contribution in [3.05, 3.63) is 18.2 Å². The lowest BCUT2D eigenvalue weighted by atomic mass is 10.3. The number of hydrogen-bond acceptors (Lipinski definition) is 6. The maximum absolute atomic E-state index is 12.1. The standard InChI is InChI=1S/C12H17NO6S/c1-8(17-2)12(14)13-20(15,16)11-6-5-9(18-3)7-10(11)19-4/h5-8H,1-4H3,(H,13,14)/t8-/m1/s1. The number of hydrogen-bond donors (Lipinski definition) is 1. The lowest BCUT2D eigenvalue weighted by Gasteiger charge is -2.13. The van der Waals surface area contributed by atoms with Crippen molar-refractivity contribution in [2.75, 3.05) is 21.3 Å². The zero-order valence-electron chi connectivity index (χ0n) is 11.7. The quantitative estimate of drug-likeness (QED) is 0.825. The number of sulfonamides is 1. The fourth-order valence-electron chi connectivity index (χ4n) is 1.37. The Morgan fingerprint density at radius 3 is 2.35 bits per heavy atom. The van der Waals surface area contributed by atoms with Crippen LogP contribution < -0.4 is 14.2 Å². The summed E-state index contributed by atoms with van der Waals surface area (Å²) in [7, 11) is 0.0441. The molecule has 0 aliphatic carbocycles. The average molecular weight is 303 g/mol. The summed E-state index contributed by atoms with van der Waals surface area (Å²) in [6, 6.07) is 4.17. The Balaban J connectivity index is 3.12. The van der Waals surface area contributed by atoms with Gasteiger partial charge in [-0.05, 0) is 19.1 Å². The molecule has 0 spiro atoms. The number of ether oxygens (including phenoxy) is 3. The van der Waals surface area contributed by atoms with E-state index in [1.807, 2.05) is 4.72 Å². The third kappa shape index (κ3) is 3.61. The van der Waals surface area contributed by atoms with Crippen molar-refractivity contribution < 1.29 is 27.4 Å². The molecule has 0 saturated heterocycles. The van der Waals surface area contributed by atoms with E-state index in [1.54, 1.807) is 0 Å². The molecule has 0 aromatic heterocycles. The second kappa shape index (κ2) is 6.58. The first kappa shape index (κ1) is 16.3. The van der Waals surface area contributed by atoms with E-state index >= 15 is 0 Å². The van der Waals surface area contributed by atoms with Crippen molar-refractivity contribution in [1.29, 1.82) is 0 Å². The monoisotopic (exact) mass is 303 g/mol. The molecule has 0 radical (unpaired) electrons. The molecule has 0 saturated carbocycles. The highest BCUT2D eigenvalue weighted by Gasteiger charge is 2.25. The predicted octanol–water partition coefficient (Wildman–Crippen LogP) is 0.544. The SMILES string of the molecule is COc1ccc(S(=O)(=O)NC(=O)[C@@H](C)OC)c(OC)c1. The summed E-state index contributed by atoms with van der Waals surface area (Å²) in [6.07, 6.45) is -0.881. The second-order valence-corrected chi connectivity index (χ2v) is 5.52. The molecule has 1 atom stereocenters. The van der Waals surface area contributed by atoms with Gasteiger partial charge in [0.2, 0.25) is 0 Å². The molecule has 112 valence electrons. The molecule has 1 aromatic rings. The molecule has 0 heterocycles. The summed E-state index contributed by atoms with van der Waals surface area (Å²) in [5, 5.41) is 0. The van der Waals surface area contributed by atoms with E-state index in [4.69, 9.17) is 14.2 Å². The van der Waals surface area contributed by atoms with Crippen LogP contribution in [-0.4, -0.2) is 41.8 Å². The van der Waals surface area contributed by atoms with Crippen molar-refractivity contribution in [1.82, 2.24) is 4.72 Å². The van der Waals surface area contributed by atoms with Gasteiger partial charge in [0.05, 0.1) is 14.2 Å². The Morgan fingerprint density at radius 2 is 1.85 bits per heavy atom. The zero-order chi connectivity index (χ0) is 15.3. The minimum absolute atomic E-state index is 0.0784. The fourth-order valence-corrected chi connectivity index (χ4v) is 2.57. The molecule has 0 aliphatic rings. The Morgan fingerprint density at radius 1 is 1.20 bits per heavy atom. The van der Waals surface area contributed by atoms with E-state index in [0.29, 0.717) is 5.75 Å². The highest BCUT2D eigenvalue weighted by molar-refractivity contribution is 7.90. The van der Waals surface area contributed by atoms with Gasteiger partial charge in [-0.25, -0.2) is 13.1 Å². The number of methoxy groups -OCH3 is 3. The highest BCUT2D eigenvalue weighted by Crippen LogP contribution is 2.28. The zero-order valence-corrected chi connectivity index (χ0v) is 12.5. The van der Waals surface area contributed by atoms with Crippen molar-refractivity contribution in [2.24, 2.45) is 0 Å². The molecule has 0 bridgehead atoms. The molecule has 0 fully saturated rings. The molecular weight excluding hydrogens is 286 g/mol. The van der Waals surface area contributed by atoms with Crippen molar-refractivity contribution in [3.8, 4) is 11.5 Å². The summed E-state index contributed by atoms with van der Waals surface area (Å²) in [5.74, 6) is -0.238. The van der Waals surface area contributed by atoms with Crippen LogP contribution in [-0.2, 0) is 19.6 Å².